The van der Waals surface area contributed by atoms with Crippen molar-refractivity contribution >= 4 is 28.6 Å². The highest BCUT2D eigenvalue weighted by atomic mass is 19.1. The third kappa shape index (κ3) is 4.66. The van der Waals surface area contributed by atoms with Crippen LogP contribution in [-0.2, 0) is 4.79 Å². The molecule has 2 aromatic carbocycles. The quantitative estimate of drug-likeness (QED) is 0.647. The van der Waals surface area contributed by atoms with Crippen molar-refractivity contribution in [1.82, 2.24) is 10.3 Å². The first-order chi connectivity index (χ1) is 12.9. The summed E-state index contributed by atoms with van der Waals surface area (Å²) in [5.41, 5.74) is 1.65. The lowest BCUT2D eigenvalue weighted by Crippen LogP contribution is -2.26. The lowest BCUT2D eigenvalue weighted by molar-refractivity contribution is -0.116. The Labute approximate surface area is 153 Å². The lowest BCUT2D eigenvalue weighted by atomic mass is 10.2. The van der Waals surface area contributed by atoms with E-state index in [-0.39, 0.29) is 24.4 Å². The average Bonchev–Trinajstić information content (AvgIpc) is 2.98. The van der Waals surface area contributed by atoms with Gasteiger partial charge in [0, 0.05) is 31.6 Å². The molecule has 3 rings (SSSR count). The van der Waals surface area contributed by atoms with E-state index >= 15 is 0 Å². The maximum Gasteiger partial charge on any atom is 0.254 e. The monoisotopic (exact) mass is 373 g/mol. The Kier molecular flexibility index (Phi) is 5.44. The molecule has 0 aliphatic heterocycles. The van der Waals surface area contributed by atoms with Crippen molar-refractivity contribution < 1.29 is 22.8 Å². The summed E-state index contributed by atoms with van der Waals surface area (Å²) in [6, 6.07) is 7.89. The molecule has 8 heteroatoms. The van der Waals surface area contributed by atoms with Gasteiger partial charge in [0.2, 0.25) is 5.91 Å². The SMILES string of the molecule is Cc1nc2cc(NC(=O)CCCNC(=O)c3ccc(F)cc3F)ccc2o1. The fraction of sp³-hybridized carbons (Fsp3) is 0.211. The molecule has 6 nitrogen and oxygen atoms in total. The molecular weight excluding hydrogens is 356 g/mol. The van der Waals surface area contributed by atoms with Crippen LogP contribution in [0.1, 0.15) is 29.1 Å². The number of anilines is 1. The molecule has 0 aliphatic carbocycles. The number of hydrogen-bond acceptors (Lipinski definition) is 4. The number of aryl methyl sites for hydroxylation is 1. The van der Waals surface area contributed by atoms with Crippen LogP contribution in [0.3, 0.4) is 0 Å². The van der Waals surface area contributed by atoms with Crippen molar-refractivity contribution in [3.05, 3.63) is 59.5 Å². The van der Waals surface area contributed by atoms with Gasteiger partial charge in [-0.2, -0.15) is 0 Å². The molecule has 3 aromatic rings. The average molecular weight is 373 g/mol. The summed E-state index contributed by atoms with van der Waals surface area (Å²) < 4.78 is 31.7. The molecule has 0 saturated carbocycles. The van der Waals surface area contributed by atoms with E-state index in [2.05, 4.69) is 15.6 Å². The van der Waals surface area contributed by atoms with Crippen LogP contribution in [-0.4, -0.2) is 23.3 Å². The standard InChI is InChI=1S/C19H17F2N3O3/c1-11-23-16-10-13(5-7-17(16)27-11)24-18(25)3-2-8-22-19(26)14-6-4-12(20)9-15(14)21/h4-7,9-10H,2-3,8H2,1H3,(H,22,26)(H,24,25). The summed E-state index contributed by atoms with van der Waals surface area (Å²) in [5, 5.41) is 5.25. The number of nitrogens with one attached hydrogen (secondary N) is 2. The van der Waals surface area contributed by atoms with E-state index in [1.54, 1.807) is 25.1 Å². The molecule has 2 amide bonds. The zero-order valence-electron chi connectivity index (χ0n) is 14.5. The first-order valence-corrected chi connectivity index (χ1v) is 8.32. The van der Waals surface area contributed by atoms with Crippen molar-refractivity contribution in [2.45, 2.75) is 19.8 Å². The Morgan fingerprint density at radius 2 is 1.96 bits per heavy atom. The largest absolute Gasteiger partial charge is 0.441 e. The summed E-state index contributed by atoms with van der Waals surface area (Å²) >= 11 is 0. The molecule has 0 unspecified atom stereocenters. The van der Waals surface area contributed by atoms with E-state index in [0.29, 0.717) is 35.2 Å². The number of carbonyl (C=O) groups excluding carboxylic acids is 2. The molecule has 0 atom stereocenters. The zero-order chi connectivity index (χ0) is 19.4. The van der Waals surface area contributed by atoms with E-state index in [4.69, 9.17) is 4.42 Å². The molecule has 27 heavy (non-hydrogen) atoms. The second-order valence-corrected chi connectivity index (χ2v) is 5.95. The van der Waals surface area contributed by atoms with Gasteiger partial charge in [0.15, 0.2) is 11.5 Å². The number of rotatable bonds is 6. The Balaban J connectivity index is 1.45. The van der Waals surface area contributed by atoms with Gasteiger partial charge in [-0.25, -0.2) is 13.8 Å². The number of aromatic nitrogens is 1. The van der Waals surface area contributed by atoms with Crippen LogP contribution in [0.5, 0.6) is 0 Å². The second kappa shape index (κ2) is 7.94. The molecule has 0 fully saturated rings. The molecule has 0 radical (unpaired) electrons. The Morgan fingerprint density at radius 3 is 2.74 bits per heavy atom. The van der Waals surface area contributed by atoms with Crippen LogP contribution in [0.25, 0.3) is 11.1 Å². The minimum absolute atomic E-state index is 0.169. The fourth-order valence-corrected chi connectivity index (χ4v) is 2.56. The third-order valence-electron chi connectivity index (χ3n) is 3.82. The number of halogens is 2. The third-order valence-corrected chi connectivity index (χ3v) is 3.82. The van der Waals surface area contributed by atoms with Gasteiger partial charge in [0.1, 0.15) is 17.2 Å². The fourth-order valence-electron chi connectivity index (χ4n) is 2.56. The van der Waals surface area contributed by atoms with Crippen molar-refractivity contribution in [1.29, 1.82) is 0 Å². The first-order valence-electron chi connectivity index (χ1n) is 8.32. The maximum absolute atomic E-state index is 13.5. The van der Waals surface area contributed by atoms with Gasteiger partial charge < -0.3 is 15.1 Å². The van der Waals surface area contributed by atoms with Crippen LogP contribution < -0.4 is 10.6 Å². The van der Waals surface area contributed by atoms with Crippen molar-refractivity contribution in [2.24, 2.45) is 0 Å². The Hall–Kier alpha value is -3.29. The smallest absolute Gasteiger partial charge is 0.254 e. The molecule has 140 valence electrons. The van der Waals surface area contributed by atoms with Crippen molar-refractivity contribution in [2.75, 3.05) is 11.9 Å². The molecule has 2 N–H and O–H groups in total. The topological polar surface area (TPSA) is 84.2 Å². The molecule has 0 saturated heterocycles. The molecule has 1 aromatic heterocycles. The first kappa shape index (κ1) is 18.5. The van der Waals surface area contributed by atoms with E-state index in [0.717, 1.165) is 12.1 Å². The number of oxazole rings is 1. The predicted octanol–water partition coefficient (Wildman–Crippen LogP) is 3.56. The normalized spacial score (nSPS) is 10.8. The molecule has 0 bridgehead atoms. The van der Waals surface area contributed by atoms with Gasteiger partial charge in [-0.15, -0.1) is 0 Å². The summed E-state index contributed by atoms with van der Waals surface area (Å²) in [4.78, 5) is 28.0. The molecule has 1 heterocycles. The summed E-state index contributed by atoms with van der Waals surface area (Å²) in [6.07, 6.45) is 0.535. The molecule has 0 aliphatic rings. The minimum Gasteiger partial charge on any atom is -0.441 e. The zero-order valence-corrected chi connectivity index (χ0v) is 14.5. The van der Waals surface area contributed by atoms with Crippen LogP contribution in [0.4, 0.5) is 14.5 Å². The Morgan fingerprint density at radius 1 is 1.15 bits per heavy atom. The minimum atomic E-state index is -0.927. The highest BCUT2D eigenvalue weighted by Crippen LogP contribution is 2.19. The highest BCUT2D eigenvalue weighted by Gasteiger charge is 2.12. The Bertz CT molecular complexity index is 1000. The number of carbonyl (C=O) groups is 2. The van der Waals surface area contributed by atoms with Crippen LogP contribution in [0, 0.1) is 18.6 Å². The summed E-state index contributed by atoms with van der Waals surface area (Å²) in [7, 11) is 0. The summed E-state index contributed by atoms with van der Waals surface area (Å²) in [5.74, 6) is -2.01. The molecule has 0 spiro atoms. The number of hydrogen-bond donors (Lipinski definition) is 2. The lowest BCUT2D eigenvalue weighted by Gasteiger charge is -2.07. The van der Waals surface area contributed by atoms with E-state index in [1.165, 1.54) is 0 Å². The number of benzene rings is 2. The van der Waals surface area contributed by atoms with Crippen molar-refractivity contribution in [3.8, 4) is 0 Å². The summed E-state index contributed by atoms with van der Waals surface area (Å²) in [6.45, 7) is 1.93. The van der Waals surface area contributed by atoms with E-state index in [9.17, 15) is 18.4 Å². The highest BCUT2D eigenvalue weighted by molar-refractivity contribution is 5.95. The maximum atomic E-state index is 13.5. The van der Waals surface area contributed by atoms with Gasteiger partial charge in [-0.3, -0.25) is 9.59 Å². The molecular formula is C19H17F2N3O3. The van der Waals surface area contributed by atoms with Crippen molar-refractivity contribution in [3.63, 3.8) is 0 Å². The van der Waals surface area contributed by atoms with Gasteiger partial charge in [0.25, 0.3) is 5.91 Å². The van der Waals surface area contributed by atoms with Crippen LogP contribution in [0.15, 0.2) is 40.8 Å². The van der Waals surface area contributed by atoms with Crippen LogP contribution in [0.2, 0.25) is 0 Å². The number of nitrogens with zero attached hydrogens (tertiary/aromatic N) is 1. The van der Waals surface area contributed by atoms with Gasteiger partial charge in [-0.05, 0) is 36.8 Å². The van der Waals surface area contributed by atoms with E-state index < -0.39 is 17.5 Å². The predicted molar refractivity (Wildman–Crippen MR) is 95.3 cm³/mol. The van der Waals surface area contributed by atoms with Gasteiger partial charge in [0.05, 0.1) is 5.56 Å². The van der Waals surface area contributed by atoms with E-state index in [1.807, 2.05) is 0 Å². The van der Waals surface area contributed by atoms with Gasteiger partial charge in [-0.1, -0.05) is 0 Å². The van der Waals surface area contributed by atoms with Gasteiger partial charge >= 0.3 is 0 Å². The second-order valence-electron chi connectivity index (χ2n) is 5.95. The number of amides is 2. The number of fused-ring (bicyclic) bond motifs is 1. The van der Waals surface area contributed by atoms with Crippen LogP contribution >= 0.6 is 0 Å².